The SMILES string of the molecule is COCc1c(C(=O)NC2CCCc3c2cnn3C)sc2cccc(F)c12. The van der Waals surface area contributed by atoms with Gasteiger partial charge in [0, 0.05) is 41.1 Å². The van der Waals surface area contributed by atoms with E-state index in [1.807, 2.05) is 24.0 Å². The van der Waals surface area contributed by atoms with Gasteiger partial charge in [-0.25, -0.2) is 4.39 Å². The number of hydrogen-bond donors (Lipinski definition) is 1. The van der Waals surface area contributed by atoms with Gasteiger partial charge in [-0.05, 0) is 31.4 Å². The number of ether oxygens (including phenoxy) is 1. The second-order valence-corrected chi connectivity index (χ2v) is 7.60. The van der Waals surface area contributed by atoms with E-state index in [0.717, 1.165) is 29.5 Å². The Bertz CT molecular complexity index is 979. The minimum absolute atomic E-state index is 0.0644. The highest BCUT2D eigenvalue weighted by molar-refractivity contribution is 7.21. The van der Waals surface area contributed by atoms with E-state index in [1.165, 1.54) is 23.1 Å². The van der Waals surface area contributed by atoms with Crippen molar-refractivity contribution in [1.29, 1.82) is 0 Å². The Morgan fingerprint density at radius 3 is 3.15 bits per heavy atom. The molecule has 1 N–H and O–H groups in total. The minimum atomic E-state index is -0.322. The Hall–Kier alpha value is -2.25. The molecule has 1 unspecified atom stereocenters. The summed E-state index contributed by atoms with van der Waals surface area (Å²) in [6, 6.07) is 4.85. The molecule has 0 saturated carbocycles. The molecule has 7 heteroatoms. The molecule has 1 atom stereocenters. The van der Waals surface area contributed by atoms with Gasteiger partial charge in [-0.3, -0.25) is 9.48 Å². The Balaban J connectivity index is 1.69. The highest BCUT2D eigenvalue weighted by Crippen LogP contribution is 2.35. The average molecular weight is 373 g/mol. The number of methoxy groups -OCH3 is 1. The number of aromatic nitrogens is 2. The van der Waals surface area contributed by atoms with Crippen molar-refractivity contribution in [3.8, 4) is 0 Å². The standard InChI is InChI=1S/C19H20FN3O2S/c1-23-15-7-4-6-14(11(15)9-21-23)22-19(24)18-12(10-25-2)17-13(20)5-3-8-16(17)26-18/h3,5,8-9,14H,4,6-7,10H2,1-2H3,(H,22,24). The second-order valence-electron chi connectivity index (χ2n) is 6.54. The summed E-state index contributed by atoms with van der Waals surface area (Å²) in [7, 11) is 3.48. The highest BCUT2D eigenvalue weighted by Gasteiger charge is 2.27. The predicted molar refractivity (Wildman–Crippen MR) is 98.8 cm³/mol. The van der Waals surface area contributed by atoms with Crippen LogP contribution in [-0.2, 0) is 24.8 Å². The van der Waals surface area contributed by atoms with Crippen molar-refractivity contribution in [3.05, 3.63) is 51.9 Å². The minimum Gasteiger partial charge on any atom is -0.380 e. The number of aryl methyl sites for hydroxylation is 1. The molecule has 0 saturated heterocycles. The molecule has 5 nitrogen and oxygen atoms in total. The van der Waals surface area contributed by atoms with Gasteiger partial charge >= 0.3 is 0 Å². The largest absolute Gasteiger partial charge is 0.380 e. The molecule has 4 rings (SSSR count). The maximum absolute atomic E-state index is 14.3. The van der Waals surface area contributed by atoms with Crippen LogP contribution in [0.2, 0.25) is 0 Å². The van der Waals surface area contributed by atoms with Crippen LogP contribution in [0.25, 0.3) is 10.1 Å². The molecule has 2 aromatic heterocycles. The van der Waals surface area contributed by atoms with Crippen LogP contribution >= 0.6 is 11.3 Å². The summed E-state index contributed by atoms with van der Waals surface area (Å²) in [5.74, 6) is -0.503. The van der Waals surface area contributed by atoms with E-state index < -0.39 is 0 Å². The summed E-state index contributed by atoms with van der Waals surface area (Å²) in [5, 5.41) is 7.93. The smallest absolute Gasteiger partial charge is 0.262 e. The lowest BCUT2D eigenvalue weighted by atomic mass is 9.93. The van der Waals surface area contributed by atoms with Gasteiger partial charge in [0.15, 0.2) is 0 Å². The topological polar surface area (TPSA) is 56.1 Å². The van der Waals surface area contributed by atoms with E-state index in [0.29, 0.717) is 15.8 Å². The zero-order chi connectivity index (χ0) is 18.3. The lowest BCUT2D eigenvalue weighted by Gasteiger charge is -2.23. The molecule has 1 amide bonds. The summed E-state index contributed by atoms with van der Waals surface area (Å²) in [5.41, 5.74) is 2.86. The van der Waals surface area contributed by atoms with Crippen molar-refractivity contribution in [3.63, 3.8) is 0 Å². The van der Waals surface area contributed by atoms with Crippen LogP contribution in [0.1, 0.15) is 45.4 Å². The monoisotopic (exact) mass is 373 g/mol. The van der Waals surface area contributed by atoms with Gasteiger partial charge < -0.3 is 10.1 Å². The maximum atomic E-state index is 14.3. The third kappa shape index (κ3) is 2.81. The van der Waals surface area contributed by atoms with E-state index in [2.05, 4.69) is 10.4 Å². The molecule has 0 spiro atoms. The molecule has 136 valence electrons. The number of benzene rings is 1. The van der Waals surface area contributed by atoms with Crippen molar-refractivity contribution in [1.82, 2.24) is 15.1 Å². The Morgan fingerprint density at radius 2 is 2.35 bits per heavy atom. The van der Waals surface area contributed by atoms with Crippen molar-refractivity contribution in [2.24, 2.45) is 7.05 Å². The third-order valence-corrected chi connectivity index (χ3v) is 6.14. The van der Waals surface area contributed by atoms with Crippen molar-refractivity contribution in [2.75, 3.05) is 7.11 Å². The summed E-state index contributed by atoms with van der Waals surface area (Å²) in [6.45, 7) is 0.201. The first-order valence-corrected chi connectivity index (χ1v) is 9.42. The zero-order valence-corrected chi connectivity index (χ0v) is 15.5. The number of carbonyl (C=O) groups excluding carboxylic acids is 1. The highest BCUT2D eigenvalue weighted by atomic mass is 32.1. The molecule has 3 aromatic rings. The fraction of sp³-hybridized carbons (Fsp3) is 0.368. The first-order chi connectivity index (χ1) is 12.6. The van der Waals surface area contributed by atoms with Gasteiger partial charge in [-0.2, -0.15) is 5.10 Å². The van der Waals surface area contributed by atoms with Crippen LogP contribution in [0.5, 0.6) is 0 Å². The van der Waals surface area contributed by atoms with Gasteiger partial charge in [0.1, 0.15) is 5.82 Å². The lowest BCUT2D eigenvalue weighted by molar-refractivity contribution is 0.0932. The molecule has 0 radical (unpaired) electrons. The lowest BCUT2D eigenvalue weighted by Crippen LogP contribution is -2.31. The molecule has 1 aliphatic rings. The molecular weight excluding hydrogens is 353 g/mol. The number of amides is 1. The third-order valence-electron chi connectivity index (χ3n) is 4.94. The summed E-state index contributed by atoms with van der Waals surface area (Å²) < 4.78 is 22.2. The number of nitrogens with zero attached hydrogens (tertiary/aromatic N) is 2. The average Bonchev–Trinajstić information content (AvgIpc) is 3.18. The van der Waals surface area contributed by atoms with Gasteiger partial charge in [-0.1, -0.05) is 6.07 Å². The number of carbonyl (C=O) groups is 1. The van der Waals surface area contributed by atoms with Gasteiger partial charge in [0.05, 0.1) is 23.7 Å². The summed E-state index contributed by atoms with van der Waals surface area (Å²) in [6.07, 6.45) is 4.69. The van der Waals surface area contributed by atoms with Crippen LogP contribution in [0.15, 0.2) is 24.4 Å². The van der Waals surface area contributed by atoms with Crippen molar-refractivity contribution in [2.45, 2.75) is 31.9 Å². The summed E-state index contributed by atoms with van der Waals surface area (Å²) in [4.78, 5) is 13.5. The Morgan fingerprint density at radius 1 is 1.50 bits per heavy atom. The molecule has 0 bridgehead atoms. The zero-order valence-electron chi connectivity index (χ0n) is 14.7. The number of fused-ring (bicyclic) bond motifs is 2. The van der Waals surface area contributed by atoms with E-state index >= 15 is 0 Å². The maximum Gasteiger partial charge on any atom is 0.262 e. The van der Waals surface area contributed by atoms with Gasteiger partial charge in [0.25, 0.3) is 5.91 Å². The molecule has 1 aromatic carbocycles. The second kappa shape index (κ2) is 6.81. The quantitative estimate of drug-likeness (QED) is 0.758. The fourth-order valence-corrected chi connectivity index (χ4v) is 4.84. The van der Waals surface area contributed by atoms with E-state index in [9.17, 15) is 9.18 Å². The Kier molecular flexibility index (Phi) is 4.50. The Labute approximate surface area is 154 Å². The molecular formula is C19H20FN3O2S. The van der Waals surface area contributed by atoms with E-state index in [4.69, 9.17) is 4.74 Å². The molecule has 26 heavy (non-hydrogen) atoms. The van der Waals surface area contributed by atoms with E-state index in [-0.39, 0.29) is 24.4 Å². The van der Waals surface area contributed by atoms with Crippen LogP contribution in [0.4, 0.5) is 4.39 Å². The van der Waals surface area contributed by atoms with Crippen LogP contribution < -0.4 is 5.32 Å². The predicted octanol–water partition coefficient (Wildman–Crippen LogP) is 3.73. The molecule has 2 heterocycles. The number of thiophene rings is 1. The normalized spacial score (nSPS) is 16.7. The van der Waals surface area contributed by atoms with E-state index in [1.54, 1.807) is 13.2 Å². The van der Waals surface area contributed by atoms with Crippen molar-refractivity contribution < 1.29 is 13.9 Å². The number of rotatable bonds is 4. The first-order valence-electron chi connectivity index (χ1n) is 8.60. The van der Waals surface area contributed by atoms with Gasteiger partial charge in [-0.15, -0.1) is 11.3 Å². The van der Waals surface area contributed by atoms with Crippen molar-refractivity contribution >= 4 is 27.3 Å². The number of hydrogen-bond acceptors (Lipinski definition) is 4. The van der Waals surface area contributed by atoms with Crippen LogP contribution in [0, 0.1) is 5.82 Å². The number of halogens is 1. The number of nitrogens with one attached hydrogen (secondary N) is 1. The van der Waals surface area contributed by atoms with Crippen LogP contribution in [-0.4, -0.2) is 22.8 Å². The first kappa shape index (κ1) is 17.2. The fourth-order valence-electron chi connectivity index (χ4n) is 3.71. The molecule has 0 fully saturated rings. The summed E-state index contributed by atoms with van der Waals surface area (Å²) >= 11 is 1.31. The molecule has 0 aliphatic heterocycles. The van der Waals surface area contributed by atoms with Gasteiger partial charge in [0.2, 0.25) is 0 Å². The molecule has 1 aliphatic carbocycles. The van der Waals surface area contributed by atoms with Crippen LogP contribution in [0.3, 0.4) is 0 Å².